The van der Waals surface area contributed by atoms with Crippen LogP contribution >= 0.6 is 0 Å². The van der Waals surface area contributed by atoms with E-state index in [1.807, 2.05) is 0 Å². The molecule has 0 amide bonds. The number of ketones is 3. The maximum absolute atomic E-state index is 11.8. The van der Waals surface area contributed by atoms with E-state index in [1.54, 1.807) is 12.1 Å². The fourth-order valence-corrected chi connectivity index (χ4v) is 1.83. The Morgan fingerprint density at radius 3 is 2.28 bits per heavy atom. The number of carbonyl (C=O) groups excluding carboxylic acids is 3. The van der Waals surface area contributed by atoms with Crippen molar-refractivity contribution in [2.75, 3.05) is 6.61 Å². The lowest BCUT2D eigenvalue weighted by molar-refractivity contribution is -0.122. The van der Waals surface area contributed by atoms with Crippen molar-refractivity contribution in [3.8, 4) is 0 Å². The quantitative estimate of drug-likeness (QED) is 0.765. The van der Waals surface area contributed by atoms with E-state index < -0.39 is 30.4 Å². The van der Waals surface area contributed by atoms with E-state index in [2.05, 4.69) is 0 Å². The lowest BCUT2D eigenvalue weighted by Gasteiger charge is -2.16. The number of aliphatic hydroxyl groups is 2. The zero-order valence-electron chi connectivity index (χ0n) is 9.34. The van der Waals surface area contributed by atoms with Crippen LogP contribution in [0, 0.1) is 0 Å². The summed E-state index contributed by atoms with van der Waals surface area (Å²) in [4.78, 5) is 34.7. The van der Waals surface area contributed by atoms with Crippen molar-refractivity contribution in [2.45, 2.75) is 6.42 Å². The Morgan fingerprint density at radius 2 is 1.67 bits per heavy atom. The van der Waals surface area contributed by atoms with Crippen molar-refractivity contribution in [1.29, 1.82) is 0 Å². The molecule has 0 atom stereocenters. The van der Waals surface area contributed by atoms with Gasteiger partial charge in [0.15, 0.2) is 5.78 Å². The van der Waals surface area contributed by atoms with E-state index in [-0.39, 0.29) is 22.5 Å². The van der Waals surface area contributed by atoms with Crippen LogP contribution < -0.4 is 0 Å². The van der Waals surface area contributed by atoms with Crippen LogP contribution in [0.1, 0.15) is 22.3 Å². The van der Waals surface area contributed by atoms with Gasteiger partial charge < -0.3 is 10.2 Å². The molecule has 1 aliphatic carbocycles. The Bertz CT molecular complexity index is 583. The SMILES string of the molecule is O=C(CO)CC1=C(O)c2ccccc2C(=O)C1=O. The topological polar surface area (TPSA) is 91.7 Å². The fraction of sp³-hybridized carbons (Fsp3) is 0.154. The van der Waals surface area contributed by atoms with Crippen molar-refractivity contribution in [3.63, 3.8) is 0 Å². The standard InChI is InChI=1S/C13H10O5/c14-6-7(15)5-10-11(16)8-3-1-2-4-9(8)12(17)13(10)18/h1-4,14,16H,5-6H2. The summed E-state index contributed by atoms with van der Waals surface area (Å²) in [5.41, 5.74) is 0.112. The van der Waals surface area contributed by atoms with Gasteiger partial charge in [-0.15, -0.1) is 0 Å². The molecule has 5 heteroatoms. The molecule has 0 aromatic heterocycles. The zero-order valence-corrected chi connectivity index (χ0v) is 9.34. The Balaban J connectivity index is 2.55. The first kappa shape index (κ1) is 12.2. The molecule has 2 rings (SSSR count). The number of hydrogen-bond acceptors (Lipinski definition) is 5. The first-order valence-corrected chi connectivity index (χ1v) is 5.29. The number of allylic oxidation sites excluding steroid dienone is 1. The normalized spacial score (nSPS) is 14.7. The van der Waals surface area contributed by atoms with Gasteiger partial charge >= 0.3 is 0 Å². The van der Waals surface area contributed by atoms with Crippen molar-refractivity contribution in [2.24, 2.45) is 0 Å². The van der Waals surface area contributed by atoms with Crippen LogP contribution in [0.2, 0.25) is 0 Å². The predicted octanol–water partition coefficient (Wildman–Crippen LogP) is 0.673. The summed E-state index contributed by atoms with van der Waals surface area (Å²) in [5.74, 6) is -2.63. The van der Waals surface area contributed by atoms with E-state index in [0.29, 0.717) is 0 Å². The molecule has 0 fully saturated rings. The molecule has 0 unspecified atom stereocenters. The number of rotatable bonds is 3. The van der Waals surface area contributed by atoms with E-state index in [0.717, 1.165) is 0 Å². The number of carbonyl (C=O) groups is 3. The predicted molar refractivity (Wildman–Crippen MR) is 62.0 cm³/mol. The molecule has 1 aromatic rings. The maximum atomic E-state index is 11.8. The van der Waals surface area contributed by atoms with Crippen LogP contribution in [-0.2, 0) is 9.59 Å². The number of fused-ring (bicyclic) bond motifs is 1. The van der Waals surface area contributed by atoms with Gasteiger partial charge in [0, 0.05) is 17.5 Å². The van der Waals surface area contributed by atoms with E-state index in [9.17, 15) is 19.5 Å². The highest BCUT2D eigenvalue weighted by atomic mass is 16.3. The first-order chi connectivity index (χ1) is 8.56. The minimum absolute atomic E-state index is 0.125. The van der Waals surface area contributed by atoms with Gasteiger partial charge in [-0.05, 0) is 0 Å². The van der Waals surface area contributed by atoms with Crippen LogP contribution in [-0.4, -0.2) is 34.2 Å². The lowest BCUT2D eigenvalue weighted by atomic mass is 9.86. The molecule has 0 aliphatic heterocycles. The minimum atomic E-state index is -0.895. The number of aliphatic hydroxyl groups excluding tert-OH is 2. The fourth-order valence-electron chi connectivity index (χ4n) is 1.83. The van der Waals surface area contributed by atoms with Gasteiger partial charge in [-0.1, -0.05) is 24.3 Å². The summed E-state index contributed by atoms with van der Waals surface area (Å²) < 4.78 is 0. The van der Waals surface area contributed by atoms with Crippen molar-refractivity contribution >= 4 is 23.1 Å². The number of benzene rings is 1. The average molecular weight is 246 g/mol. The average Bonchev–Trinajstić information content (AvgIpc) is 2.40. The molecule has 92 valence electrons. The van der Waals surface area contributed by atoms with Gasteiger partial charge in [-0.2, -0.15) is 0 Å². The Morgan fingerprint density at radius 1 is 1.06 bits per heavy atom. The molecule has 0 spiro atoms. The number of hydrogen-bond donors (Lipinski definition) is 2. The van der Waals surface area contributed by atoms with Crippen LogP contribution in [0.5, 0.6) is 0 Å². The highest BCUT2D eigenvalue weighted by Crippen LogP contribution is 2.29. The highest BCUT2D eigenvalue weighted by Gasteiger charge is 2.33. The molecule has 0 saturated carbocycles. The molecule has 18 heavy (non-hydrogen) atoms. The summed E-state index contributed by atoms with van der Waals surface area (Å²) in [6, 6.07) is 6.14. The van der Waals surface area contributed by atoms with Crippen molar-refractivity contribution in [3.05, 3.63) is 41.0 Å². The second kappa shape index (κ2) is 4.54. The van der Waals surface area contributed by atoms with Gasteiger partial charge in [-0.25, -0.2) is 0 Å². The molecule has 0 heterocycles. The third-order valence-corrected chi connectivity index (χ3v) is 2.74. The van der Waals surface area contributed by atoms with Crippen molar-refractivity contribution < 1.29 is 24.6 Å². The summed E-state index contributed by atoms with van der Waals surface area (Å²) in [6.07, 6.45) is -0.443. The maximum Gasteiger partial charge on any atom is 0.234 e. The second-order valence-electron chi connectivity index (χ2n) is 3.90. The zero-order chi connectivity index (χ0) is 13.3. The Labute approximate surface area is 102 Å². The minimum Gasteiger partial charge on any atom is -0.507 e. The number of Topliss-reactive ketones (excluding diaryl/α,β-unsaturated/α-hetero) is 3. The molecule has 5 nitrogen and oxygen atoms in total. The van der Waals surface area contributed by atoms with Crippen molar-refractivity contribution in [1.82, 2.24) is 0 Å². The smallest absolute Gasteiger partial charge is 0.234 e. The lowest BCUT2D eigenvalue weighted by Crippen LogP contribution is -2.25. The monoisotopic (exact) mass is 246 g/mol. The molecule has 2 N–H and O–H groups in total. The Hall–Kier alpha value is -2.27. The van der Waals surface area contributed by atoms with E-state index in [1.165, 1.54) is 12.1 Å². The molecule has 1 aliphatic rings. The third kappa shape index (κ3) is 1.84. The summed E-state index contributed by atoms with van der Waals surface area (Å²) in [5, 5.41) is 18.6. The van der Waals surface area contributed by atoms with E-state index >= 15 is 0 Å². The molecular weight excluding hydrogens is 236 g/mol. The van der Waals surface area contributed by atoms with Crippen LogP contribution in [0.25, 0.3) is 5.76 Å². The summed E-state index contributed by atoms with van der Waals surface area (Å²) >= 11 is 0. The second-order valence-corrected chi connectivity index (χ2v) is 3.90. The van der Waals surface area contributed by atoms with Gasteiger partial charge in [0.25, 0.3) is 0 Å². The summed E-state index contributed by atoms with van der Waals surface area (Å²) in [6.45, 7) is -0.736. The van der Waals surface area contributed by atoms with Crippen LogP contribution in [0.4, 0.5) is 0 Å². The molecule has 1 aromatic carbocycles. The molecule has 0 bridgehead atoms. The van der Waals surface area contributed by atoms with Gasteiger partial charge in [-0.3, -0.25) is 14.4 Å². The van der Waals surface area contributed by atoms with Gasteiger partial charge in [0.2, 0.25) is 11.6 Å². The first-order valence-electron chi connectivity index (χ1n) is 5.29. The molecule has 0 radical (unpaired) electrons. The molecule has 0 saturated heterocycles. The molecular formula is C13H10O5. The van der Waals surface area contributed by atoms with Gasteiger partial charge in [0.1, 0.15) is 12.4 Å². The Kier molecular flexibility index (Phi) is 3.08. The summed E-state index contributed by atoms with van der Waals surface area (Å²) in [7, 11) is 0. The highest BCUT2D eigenvalue weighted by molar-refractivity contribution is 6.52. The van der Waals surface area contributed by atoms with Crippen LogP contribution in [0.15, 0.2) is 29.8 Å². The van der Waals surface area contributed by atoms with Gasteiger partial charge in [0.05, 0.1) is 5.57 Å². The third-order valence-electron chi connectivity index (χ3n) is 2.74. The van der Waals surface area contributed by atoms with Crippen LogP contribution in [0.3, 0.4) is 0 Å². The largest absolute Gasteiger partial charge is 0.507 e. The van der Waals surface area contributed by atoms with E-state index in [4.69, 9.17) is 5.11 Å².